The van der Waals surface area contributed by atoms with Gasteiger partial charge in [-0.15, -0.1) is 0 Å². The van der Waals surface area contributed by atoms with E-state index in [0.29, 0.717) is 12.4 Å². The highest BCUT2D eigenvalue weighted by Gasteiger charge is 2.53. The summed E-state index contributed by atoms with van der Waals surface area (Å²) in [6.45, 7) is 4.18. The Bertz CT molecular complexity index is 657. The highest BCUT2D eigenvalue weighted by molar-refractivity contribution is 6.67. The Kier molecular flexibility index (Phi) is 4.45. The summed E-state index contributed by atoms with van der Waals surface area (Å²) < 4.78 is 52.3. The fourth-order valence-corrected chi connectivity index (χ4v) is 2.00. The molecule has 0 spiro atoms. The summed E-state index contributed by atoms with van der Waals surface area (Å²) in [6.07, 6.45) is -3.25. The van der Waals surface area contributed by atoms with Gasteiger partial charge < -0.3 is 0 Å². The van der Waals surface area contributed by atoms with Gasteiger partial charge in [-0.05, 0) is 18.1 Å². The van der Waals surface area contributed by atoms with Gasteiger partial charge in [-0.2, -0.15) is 13.2 Å². The van der Waals surface area contributed by atoms with Gasteiger partial charge in [0, 0.05) is 0 Å². The molecule has 2 aromatic rings. The minimum atomic E-state index is -4.95. The first-order chi connectivity index (χ1) is 10.2. The monoisotopic (exact) mass is 305 g/mol. The molecule has 0 nitrogen and oxygen atoms in total. The molecule has 0 aromatic heterocycles. The number of hydrogen-bond acceptors (Lipinski definition) is 0. The van der Waals surface area contributed by atoms with Crippen molar-refractivity contribution < 1.29 is 17.6 Å². The molecular weight excluding hydrogens is 291 g/mol. The van der Waals surface area contributed by atoms with Crippen molar-refractivity contribution in [2.24, 2.45) is 0 Å². The SMILES string of the molecule is C=Cc1ccc([B]c2cccc(C(C)(F)C(F)(F)F)c2)cc1. The summed E-state index contributed by atoms with van der Waals surface area (Å²) in [7, 11) is 1.70. The zero-order valence-electron chi connectivity index (χ0n) is 12.0. The molecule has 0 heterocycles. The van der Waals surface area contributed by atoms with Crippen molar-refractivity contribution >= 4 is 24.3 Å². The highest BCUT2D eigenvalue weighted by atomic mass is 19.4. The van der Waals surface area contributed by atoms with Gasteiger partial charge in [0.1, 0.15) is 0 Å². The second kappa shape index (κ2) is 5.99. The van der Waals surface area contributed by atoms with Crippen LogP contribution in [0.4, 0.5) is 17.6 Å². The Morgan fingerprint density at radius 2 is 1.59 bits per heavy atom. The fraction of sp³-hybridized carbons (Fsp3) is 0.176. The zero-order valence-corrected chi connectivity index (χ0v) is 12.0. The average molecular weight is 305 g/mol. The molecule has 0 aliphatic heterocycles. The van der Waals surface area contributed by atoms with Crippen molar-refractivity contribution in [1.82, 2.24) is 0 Å². The van der Waals surface area contributed by atoms with E-state index in [1.807, 2.05) is 24.3 Å². The van der Waals surface area contributed by atoms with E-state index in [0.717, 1.165) is 17.1 Å². The molecule has 0 aliphatic rings. The lowest BCUT2D eigenvalue weighted by Gasteiger charge is -2.24. The summed E-state index contributed by atoms with van der Waals surface area (Å²) >= 11 is 0. The van der Waals surface area contributed by atoms with Gasteiger partial charge in [0.15, 0.2) is 7.28 Å². The Morgan fingerprint density at radius 1 is 0.955 bits per heavy atom. The lowest BCUT2D eigenvalue weighted by molar-refractivity contribution is -0.228. The van der Waals surface area contributed by atoms with Gasteiger partial charge >= 0.3 is 6.18 Å². The molecule has 0 fully saturated rings. The van der Waals surface area contributed by atoms with Gasteiger partial charge in [0.25, 0.3) is 0 Å². The first-order valence-corrected chi connectivity index (χ1v) is 6.67. The molecule has 5 heteroatoms. The van der Waals surface area contributed by atoms with E-state index >= 15 is 0 Å². The van der Waals surface area contributed by atoms with Gasteiger partial charge in [-0.1, -0.05) is 72.1 Å². The van der Waals surface area contributed by atoms with Crippen molar-refractivity contribution in [2.45, 2.75) is 18.8 Å². The van der Waals surface area contributed by atoms with E-state index in [1.54, 1.807) is 19.4 Å². The Balaban J connectivity index is 2.26. The molecule has 22 heavy (non-hydrogen) atoms. The number of hydrogen-bond donors (Lipinski definition) is 0. The molecule has 113 valence electrons. The molecule has 0 N–H and O–H groups in total. The number of rotatable bonds is 4. The molecule has 0 amide bonds. The topological polar surface area (TPSA) is 0 Å². The minimum absolute atomic E-state index is 0.406. The van der Waals surface area contributed by atoms with Crippen LogP contribution in [0.1, 0.15) is 18.1 Å². The van der Waals surface area contributed by atoms with Crippen LogP contribution in [0.15, 0.2) is 55.1 Å². The molecule has 1 unspecified atom stereocenters. The van der Waals surface area contributed by atoms with Crippen LogP contribution >= 0.6 is 0 Å². The summed E-state index contributed by atoms with van der Waals surface area (Å²) in [6, 6.07) is 12.8. The van der Waals surface area contributed by atoms with E-state index in [1.165, 1.54) is 12.1 Å². The van der Waals surface area contributed by atoms with Crippen molar-refractivity contribution in [1.29, 1.82) is 0 Å². The summed E-state index contributed by atoms with van der Waals surface area (Å²) in [5.74, 6) is 0. The van der Waals surface area contributed by atoms with Crippen molar-refractivity contribution in [2.75, 3.05) is 0 Å². The molecular formula is C17H14BF4. The second-order valence-electron chi connectivity index (χ2n) is 5.14. The molecule has 1 radical (unpaired) electrons. The minimum Gasteiger partial charge on any atom is -0.229 e. The first-order valence-electron chi connectivity index (χ1n) is 6.67. The average Bonchev–Trinajstić information content (AvgIpc) is 2.47. The number of alkyl halides is 4. The molecule has 2 rings (SSSR count). The Morgan fingerprint density at radius 3 is 2.14 bits per heavy atom. The lowest BCUT2D eigenvalue weighted by Crippen LogP contribution is -2.36. The predicted molar refractivity (Wildman–Crippen MR) is 82.5 cm³/mol. The summed E-state index contributed by atoms with van der Waals surface area (Å²) in [5.41, 5.74) is -1.51. The van der Waals surface area contributed by atoms with Gasteiger partial charge in [-0.3, -0.25) is 0 Å². The van der Waals surface area contributed by atoms with Crippen LogP contribution in [0.5, 0.6) is 0 Å². The highest BCUT2D eigenvalue weighted by Crippen LogP contribution is 2.41. The molecule has 0 saturated carbocycles. The van der Waals surface area contributed by atoms with Crippen LogP contribution < -0.4 is 10.9 Å². The molecule has 1 atom stereocenters. The molecule has 0 bridgehead atoms. The van der Waals surface area contributed by atoms with Crippen molar-refractivity contribution in [3.8, 4) is 0 Å². The first kappa shape index (κ1) is 16.3. The maximum atomic E-state index is 14.0. The zero-order chi connectivity index (χ0) is 16.4. The maximum Gasteiger partial charge on any atom is 0.426 e. The van der Waals surface area contributed by atoms with E-state index in [9.17, 15) is 17.6 Å². The Labute approximate surface area is 127 Å². The van der Waals surface area contributed by atoms with Crippen LogP contribution in [-0.2, 0) is 5.67 Å². The summed E-state index contributed by atoms with van der Waals surface area (Å²) in [4.78, 5) is 0. The lowest BCUT2D eigenvalue weighted by atomic mass is 9.63. The van der Waals surface area contributed by atoms with E-state index in [-0.39, 0.29) is 0 Å². The van der Waals surface area contributed by atoms with Crippen molar-refractivity contribution in [3.05, 3.63) is 66.2 Å². The second-order valence-corrected chi connectivity index (χ2v) is 5.14. The molecule has 0 saturated heterocycles. The van der Waals surface area contributed by atoms with Crippen molar-refractivity contribution in [3.63, 3.8) is 0 Å². The number of halogens is 4. The molecule has 0 aliphatic carbocycles. The van der Waals surface area contributed by atoms with E-state index in [2.05, 4.69) is 6.58 Å². The van der Waals surface area contributed by atoms with E-state index < -0.39 is 17.4 Å². The quantitative estimate of drug-likeness (QED) is 0.596. The third-order valence-corrected chi connectivity index (χ3v) is 3.47. The number of benzene rings is 2. The van der Waals surface area contributed by atoms with Crippen LogP contribution in [0, 0.1) is 0 Å². The third-order valence-electron chi connectivity index (χ3n) is 3.47. The molecule has 2 aromatic carbocycles. The van der Waals surface area contributed by atoms with E-state index in [4.69, 9.17) is 0 Å². The third kappa shape index (κ3) is 3.41. The Hall–Kier alpha value is -2.04. The largest absolute Gasteiger partial charge is 0.426 e. The maximum absolute atomic E-state index is 14.0. The fourth-order valence-electron chi connectivity index (χ4n) is 2.00. The summed E-state index contributed by atoms with van der Waals surface area (Å²) in [5, 5.41) is 0. The standard InChI is InChI=1S/C17H14BF4/c1-3-12-7-9-14(10-8-12)18-15-6-4-5-13(11-15)16(2,19)17(20,21)22/h3-11H,1H2,2H3. The predicted octanol–water partition coefficient (Wildman–Crippen LogP) is 3.73. The van der Waals surface area contributed by atoms with Gasteiger partial charge in [0.05, 0.1) is 0 Å². The van der Waals surface area contributed by atoms with Gasteiger partial charge in [0.2, 0.25) is 5.67 Å². The van der Waals surface area contributed by atoms with Crippen LogP contribution in [0.2, 0.25) is 0 Å². The van der Waals surface area contributed by atoms with Crippen LogP contribution in [0.25, 0.3) is 6.08 Å². The normalized spacial score (nSPS) is 14.2. The van der Waals surface area contributed by atoms with Crippen LogP contribution in [0.3, 0.4) is 0 Å². The van der Waals surface area contributed by atoms with Crippen LogP contribution in [-0.4, -0.2) is 13.5 Å². The smallest absolute Gasteiger partial charge is 0.229 e. The van der Waals surface area contributed by atoms with Gasteiger partial charge in [-0.25, -0.2) is 4.39 Å².